The average molecular weight is 235 g/mol. The summed E-state index contributed by atoms with van der Waals surface area (Å²) in [5.74, 6) is 1.60. The molecule has 1 heterocycles. The van der Waals surface area contributed by atoms with Crippen LogP contribution in [0.15, 0.2) is 44.7 Å². The zero-order valence-electron chi connectivity index (χ0n) is 9.19. The van der Waals surface area contributed by atoms with Crippen molar-refractivity contribution in [3.8, 4) is 5.75 Å². The van der Waals surface area contributed by atoms with Crippen LogP contribution >= 0.6 is 11.8 Å². The zero-order chi connectivity index (χ0) is 11.5. The number of rotatable bonds is 3. The quantitative estimate of drug-likeness (QED) is 0.829. The number of nitrogen functional groups attached to an aromatic ring is 1. The summed E-state index contributed by atoms with van der Waals surface area (Å²) in [5, 5.41) is 0. The van der Waals surface area contributed by atoms with E-state index in [0.29, 0.717) is 11.4 Å². The Bertz CT molecular complexity index is 494. The Balaban J connectivity index is 2.32. The van der Waals surface area contributed by atoms with Crippen LogP contribution in [-0.4, -0.2) is 7.11 Å². The van der Waals surface area contributed by atoms with Gasteiger partial charge in [-0.3, -0.25) is 0 Å². The molecular formula is C12H13NO2S. The zero-order valence-corrected chi connectivity index (χ0v) is 10.0. The Hall–Kier alpha value is -1.55. The van der Waals surface area contributed by atoms with Crippen molar-refractivity contribution >= 4 is 17.4 Å². The average Bonchev–Trinajstić information content (AvgIpc) is 2.68. The van der Waals surface area contributed by atoms with E-state index in [9.17, 15) is 0 Å². The van der Waals surface area contributed by atoms with E-state index in [4.69, 9.17) is 14.9 Å². The van der Waals surface area contributed by atoms with Crippen molar-refractivity contribution in [3.05, 3.63) is 36.3 Å². The molecule has 3 nitrogen and oxygen atoms in total. The van der Waals surface area contributed by atoms with E-state index in [0.717, 1.165) is 15.6 Å². The summed E-state index contributed by atoms with van der Waals surface area (Å²) in [7, 11) is 1.61. The third-order valence-electron chi connectivity index (χ3n) is 2.28. The van der Waals surface area contributed by atoms with Crippen LogP contribution in [0.2, 0.25) is 0 Å². The van der Waals surface area contributed by atoms with Gasteiger partial charge in [-0.2, -0.15) is 0 Å². The van der Waals surface area contributed by atoms with Gasteiger partial charge in [-0.05, 0) is 25.1 Å². The molecule has 0 spiro atoms. The SMILES string of the molecule is COc1cccc(Sc2ccoc2C)c1N. The monoisotopic (exact) mass is 235 g/mol. The van der Waals surface area contributed by atoms with E-state index in [2.05, 4.69) is 0 Å². The number of hydrogen-bond acceptors (Lipinski definition) is 4. The third-order valence-corrected chi connectivity index (χ3v) is 3.50. The van der Waals surface area contributed by atoms with Gasteiger partial charge in [0.1, 0.15) is 11.5 Å². The molecule has 2 N–H and O–H groups in total. The Morgan fingerprint density at radius 3 is 2.69 bits per heavy atom. The molecule has 0 atom stereocenters. The lowest BCUT2D eigenvalue weighted by molar-refractivity contribution is 0.416. The number of methoxy groups -OCH3 is 1. The van der Waals surface area contributed by atoms with Crippen LogP contribution in [-0.2, 0) is 0 Å². The lowest BCUT2D eigenvalue weighted by atomic mass is 10.3. The van der Waals surface area contributed by atoms with Crippen molar-refractivity contribution in [2.75, 3.05) is 12.8 Å². The first-order valence-corrected chi connectivity index (χ1v) is 5.68. The fraction of sp³-hybridized carbons (Fsp3) is 0.167. The smallest absolute Gasteiger partial charge is 0.142 e. The van der Waals surface area contributed by atoms with Gasteiger partial charge in [0.2, 0.25) is 0 Å². The molecule has 0 saturated heterocycles. The molecule has 0 amide bonds. The molecule has 0 aliphatic rings. The Morgan fingerprint density at radius 1 is 1.25 bits per heavy atom. The van der Waals surface area contributed by atoms with E-state index in [1.54, 1.807) is 25.1 Å². The van der Waals surface area contributed by atoms with Crippen molar-refractivity contribution in [3.63, 3.8) is 0 Å². The van der Waals surface area contributed by atoms with E-state index < -0.39 is 0 Å². The molecule has 2 rings (SSSR count). The Morgan fingerprint density at radius 2 is 2.06 bits per heavy atom. The van der Waals surface area contributed by atoms with Crippen LogP contribution in [0.1, 0.15) is 5.76 Å². The number of nitrogens with two attached hydrogens (primary N) is 1. The summed E-state index contributed by atoms with van der Waals surface area (Å²) in [6.45, 7) is 1.93. The summed E-state index contributed by atoms with van der Waals surface area (Å²) in [5.41, 5.74) is 6.65. The number of anilines is 1. The first-order valence-electron chi connectivity index (χ1n) is 4.87. The summed E-state index contributed by atoms with van der Waals surface area (Å²) >= 11 is 1.58. The van der Waals surface area contributed by atoms with Gasteiger partial charge >= 0.3 is 0 Å². The van der Waals surface area contributed by atoms with E-state index in [1.165, 1.54) is 0 Å². The second kappa shape index (κ2) is 4.53. The second-order valence-electron chi connectivity index (χ2n) is 3.32. The third kappa shape index (κ3) is 2.02. The number of benzene rings is 1. The van der Waals surface area contributed by atoms with Crippen LogP contribution in [0, 0.1) is 6.92 Å². The van der Waals surface area contributed by atoms with Crippen LogP contribution in [0.3, 0.4) is 0 Å². The van der Waals surface area contributed by atoms with Crippen molar-refractivity contribution < 1.29 is 9.15 Å². The number of para-hydroxylation sites is 1. The highest BCUT2D eigenvalue weighted by Gasteiger charge is 2.09. The number of aryl methyl sites for hydroxylation is 1. The minimum Gasteiger partial charge on any atom is -0.495 e. The largest absolute Gasteiger partial charge is 0.495 e. The van der Waals surface area contributed by atoms with Gasteiger partial charge in [0.05, 0.1) is 24.0 Å². The Labute approximate surface area is 98.6 Å². The van der Waals surface area contributed by atoms with Gasteiger partial charge in [-0.25, -0.2) is 0 Å². The first-order chi connectivity index (χ1) is 7.72. The maximum Gasteiger partial charge on any atom is 0.142 e. The minimum absolute atomic E-state index is 0.663. The van der Waals surface area contributed by atoms with Crippen molar-refractivity contribution in [2.45, 2.75) is 16.7 Å². The highest BCUT2D eigenvalue weighted by Crippen LogP contribution is 2.38. The molecule has 0 aliphatic heterocycles. The van der Waals surface area contributed by atoms with Gasteiger partial charge in [0.25, 0.3) is 0 Å². The second-order valence-corrected chi connectivity index (χ2v) is 4.40. The van der Waals surface area contributed by atoms with E-state index in [1.807, 2.05) is 31.2 Å². The molecule has 0 saturated carbocycles. The molecule has 0 bridgehead atoms. The highest BCUT2D eigenvalue weighted by molar-refractivity contribution is 7.99. The fourth-order valence-corrected chi connectivity index (χ4v) is 2.30. The highest BCUT2D eigenvalue weighted by atomic mass is 32.2. The minimum atomic E-state index is 0.663. The standard InChI is InChI=1S/C12H13NO2S/c1-8-10(6-7-15-8)16-11-5-3-4-9(14-2)12(11)13/h3-7H,13H2,1-2H3. The van der Waals surface area contributed by atoms with Gasteiger partial charge < -0.3 is 14.9 Å². The molecule has 0 unspecified atom stereocenters. The maximum absolute atomic E-state index is 5.98. The topological polar surface area (TPSA) is 48.4 Å². The lowest BCUT2D eigenvalue weighted by Crippen LogP contribution is -1.93. The van der Waals surface area contributed by atoms with Crippen LogP contribution in [0.25, 0.3) is 0 Å². The molecule has 1 aromatic carbocycles. The maximum atomic E-state index is 5.98. The Kier molecular flexibility index (Phi) is 3.10. The van der Waals surface area contributed by atoms with E-state index >= 15 is 0 Å². The van der Waals surface area contributed by atoms with Gasteiger partial charge in [0, 0.05) is 4.90 Å². The lowest BCUT2D eigenvalue weighted by Gasteiger charge is -2.08. The van der Waals surface area contributed by atoms with Gasteiger partial charge in [0.15, 0.2) is 0 Å². The molecular weight excluding hydrogens is 222 g/mol. The molecule has 1 aromatic heterocycles. The van der Waals surface area contributed by atoms with Crippen LogP contribution in [0.4, 0.5) is 5.69 Å². The predicted molar refractivity (Wildman–Crippen MR) is 65.0 cm³/mol. The van der Waals surface area contributed by atoms with Gasteiger partial charge in [-0.1, -0.05) is 17.8 Å². The summed E-state index contributed by atoms with van der Waals surface area (Å²) < 4.78 is 10.4. The molecule has 4 heteroatoms. The number of furan rings is 1. The molecule has 84 valence electrons. The van der Waals surface area contributed by atoms with Crippen LogP contribution in [0.5, 0.6) is 5.75 Å². The molecule has 2 aromatic rings. The summed E-state index contributed by atoms with van der Waals surface area (Å²) in [4.78, 5) is 2.05. The molecule has 0 aliphatic carbocycles. The number of ether oxygens (including phenoxy) is 1. The first kappa shape index (κ1) is 11.0. The normalized spacial score (nSPS) is 10.4. The van der Waals surface area contributed by atoms with Gasteiger partial charge in [-0.15, -0.1) is 0 Å². The number of hydrogen-bond donors (Lipinski definition) is 1. The summed E-state index contributed by atoms with van der Waals surface area (Å²) in [6, 6.07) is 7.67. The van der Waals surface area contributed by atoms with Crippen molar-refractivity contribution in [1.82, 2.24) is 0 Å². The van der Waals surface area contributed by atoms with E-state index in [-0.39, 0.29) is 0 Å². The molecule has 16 heavy (non-hydrogen) atoms. The van der Waals surface area contributed by atoms with Crippen LogP contribution < -0.4 is 10.5 Å². The van der Waals surface area contributed by atoms with Crippen molar-refractivity contribution in [2.24, 2.45) is 0 Å². The summed E-state index contributed by atoms with van der Waals surface area (Å²) in [6.07, 6.45) is 1.67. The predicted octanol–water partition coefficient (Wildman–Crippen LogP) is 3.33. The molecule has 0 radical (unpaired) electrons. The molecule has 0 fully saturated rings. The van der Waals surface area contributed by atoms with Crippen molar-refractivity contribution in [1.29, 1.82) is 0 Å². The fourth-order valence-electron chi connectivity index (χ4n) is 1.39.